The van der Waals surface area contributed by atoms with E-state index in [-0.39, 0.29) is 0 Å². The Balaban J connectivity index is 1.33. The molecule has 2 fully saturated rings. The Morgan fingerprint density at radius 1 is 1.10 bits per heavy atom. The summed E-state index contributed by atoms with van der Waals surface area (Å²) in [5.74, 6) is 2.78. The number of benzene rings is 1. The molecule has 3 heteroatoms. The van der Waals surface area contributed by atoms with Gasteiger partial charge in [-0.2, -0.15) is 0 Å². The van der Waals surface area contributed by atoms with Gasteiger partial charge in [0.2, 0.25) is 0 Å². The smallest absolute Gasteiger partial charge is 0.145 e. The second-order valence-electron chi connectivity index (χ2n) is 6.33. The number of ether oxygens (including phenoxy) is 1. The number of fused-ring (bicyclic) bond motifs is 1. The van der Waals surface area contributed by atoms with Gasteiger partial charge in [0.15, 0.2) is 0 Å². The number of nitrogens with zero attached hydrogens (tertiary/aromatic N) is 1. The standard InChI is InChI=1S/C18H22N2O/c1-3-13-4-2-10-19-18(13)16(5-1)21-12-11-20-17(14-6-7-14)15-8-9-15/h1-5,10,14-15,17,20H,6-9,11-12H2. The van der Waals surface area contributed by atoms with Crippen LogP contribution in [0.15, 0.2) is 36.5 Å². The molecular formula is C18H22N2O. The first-order valence-corrected chi connectivity index (χ1v) is 8.12. The molecule has 21 heavy (non-hydrogen) atoms. The third-order valence-corrected chi connectivity index (χ3v) is 4.60. The highest BCUT2D eigenvalue weighted by Gasteiger charge is 2.40. The first-order chi connectivity index (χ1) is 10.4. The van der Waals surface area contributed by atoms with Crippen LogP contribution in [0.5, 0.6) is 5.75 Å². The molecule has 0 unspecified atom stereocenters. The van der Waals surface area contributed by atoms with Crippen molar-refractivity contribution < 1.29 is 4.74 Å². The number of hydrogen-bond acceptors (Lipinski definition) is 3. The molecule has 0 bridgehead atoms. The largest absolute Gasteiger partial charge is 0.490 e. The highest BCUT2D eigenvalue weighted by Crippen LogP contribution is 2.44. The molecule has 3 nitrogen and oxygen atoms in total. The van der Waals surface area contributed by atoms with Gasteiger partial charge >= 0.3 is 0 Å². The van der Waals surface area contributed by atoms with E-state index >= 15 is 0 Å². The van der Waals surface area contributed by atoms with Crippen molar-refractivity contribution in [2.45, 2.75) is 31.7 Å². The highest BCUT2D eigenvalue weighted by molar-refractivity contribution is 5.84. The molecule has 1 aromatic heterocycles. The van der Waals surface area contributed by atoms with E-state index in [0.717, 1.165) is 41.1 Å². The van der Waals surface area contributed by atoms with E-state index < -0.39 is 0 Å². The van der Waals surface area contributed by atoms with Crippen molar-refractivity contribution in [3.63, 3.8) is 0 Å². The Kier molecular flexibility index (Phi) is 3.52. The minimum Gasteiger partial charge on any atom is -0.490 e. The summed E-state index contributed by atoms with van der Waals surface area (Å²) < 4.78 is 5.94. The van der Waals surface area contributed by atoms with Gasteiger partial charge in [-0.25, -0.2) is 0 Å². The number of nitrogens with one attached hydrogen (secondary N) is 1. The summed E-state index contributed by atoms with van der Waals surface area (Å²) in [6, 6.07) is 10.9. The van der Waals surface area contributed by atoms with Crippen LogP contribution in [0.2, 0.25) is 0 Å². The first-order valence-electron chi connectivity index (χ1n) is 8.12. The summed E-state index contributed by atoms with van der Waals surface area (Å²) in [5.41, 5.74) is 0.959. The molecule has 2 aliphatic rings. The molecule has 1 heterocycles. The number of aromatic nitrogens is 1. The van der Waals surface area contributed by atoms with Gasteiger partial charge in [0, 0.05) is 24.2 Å². The third-order valence-electron chi connectivity index (χ3n) is 4.60. The zero-order chi connectivity index (χ0) is 14.1. The van der Waals surface area contributed by atoms with Crippen molar-refractivity contribution in [1.29, 1.82) is 0 Å². The van der Waals surface area contributed by atoms with E-state index in [9.17, 15) is 0 Å². The Bertz CT molecular complexity index is 602. The zero-order valence-electron chi connectivity index (χ0n) is 12.3. The van der Waals surface area contributed by atoms with Gasteiger partial charge in [0.05, 0.1) is 0 Å². The lowest BCUT2D eigenvalue weighted by Gasteiger charge is -2.18. The third kappa shape index (κ3) is 3.03. The number of rotatable bonds is 7. The lowest BCUT2D eigenvalue weighted by molar-refractivity contribution is 0.296. The number of hydrogen-bond donors (Lipinski definition) is 1. The molecule has 0 spiro atoms. The molecule has 2 aromatic rings. The Morgan fingerprint density at radius 2 is 1.86 bits per heavy atom. The Labute approximate surface area is 125 Å². The first kappa shape index (κ1) is 13.1. The van der Waals surface area contributed by atoms with Crippen molar-refractivity contribution in [1.82, 2.24) is 10.3 Å². The van der Waals surface area contributed by atoms with Crippen LogP contribution in [-0.4, -0.2) is 24.2 Å². The van der Waals surface area contributed by atoms with Crippen molar-refractivity contribution in [2.75, 3.05) is 13.2 Å². The molecule has 0 radical (unpaired) electrons. The average molecular weight is 282 g/mol. The van der Waals surface area contributed by atoms with Gasteiger partial charge in [0.25, 0.3) is 0 Å². The monoisotopic (exact) mass is 282 g/mol. The molecule has 1 N–H and O–H groups in total. The zero-order valence-corrected chi connectivity index (χ0v) is 12.3. The second-order valence-corrected chi connectivity index (χ2v) is 6.33. The van der Waals surface area contributed by atoms with Gasteiger partial charge in [-0.1, -0.05) is 18.2 Å². The average Bonchev–Trinajstić information content (AvgIpc) is 3.40. The van der Waals surface area contributed by atoms with Gasteiger partial charge in [-0.3, -0.25) is 4.98 Å². The van der Waals surface area contributed by atoms with E-state index in [2.05, 4.69) is 22.4 Å². The predicted octanol–water partition coefficient (Wildman–Crippen LogP) is 3.39. The second kappa shape index (κ2) is 5.64. The van der Waals surface area contributed by atoms with Crippen molar-refractivity contribution in [3.8, 4) is 5.75 Å². The molecule has 0 amide bonds. The van der Waals surface area contributed by atoms with Gasteiger partial charge < -0.3 is 10.1 Å². The van der Waals surface area contributed by atoms with Crippen LogP contribution in [-0.2, 0) is 0 Å². The summed E-state index contributed by atoms with van der Waals surface area (Å²) in [5, 5.41) is 4.85. The highest BCUT2D eigenvalue weighted by atomic mass is 16.5. The minimum atomic E-state index is 0.714. The molecule has 0 aliphatic heterocycles. The lowest BCUT2D eigenvalue weighted by atomic mass is 10.1. The normalized spacial score (nSPS) is 18.3. The van der Waals surface area contributed by atoms with Crippen molar-refractivity contribution in [2.24, 2.45) is 11.8 Å². The Hall–Kier alpha value is -1.61. The summed E-state index contributed by atoms with van der Waals surface area (Å²) >= 11 is 0. The maximum Gasteiger partial charge on any atom is 0.145 e. The van der Waals surface area contributed by atoms with Crippen LogP contribution in [0.3, 0.4) is 0 Å². The predicted molar refractivity (Wildman–Crippen MR) is 84.5 cm³/mol. The van der Waals surface area contributed by atoms with Crippen LogP contribution in [0, 0.1) is 11.8 Å². The maximum atomic E-state index is 5.94. The van der Waals surface area contributed by atoms with Crippen LogP contribution in [0.25, 0.3) is 10.9 Å². The molecule has 2 saturated carbocycles. The molecule has 110 valence electrons. The van der Waals surface area contributed by atoms with Crippen molar-refractivity contribution >= 4 is 10.9 Å². The van der Waals surface area contributed by atoms with Gasteiger partial charge in [-0.05, 0) is 49.7 Å². The fraction of sp³-hybridized carbons (Fsp3) is 0.500. The SMILES string of the molecule is c1cnc2c(OCCNC(C3CC3)C3CC3)cccc2c1. The van der Waals surface area contributed by atoms with Crippen LogP contribution >= 0.6 is 0 Å². The molecule has 0 saturated heterocycles. The van der Waals surface area contributed by atoms with Gasteiger partial charge in [0.1, 0.15) is 17.9 Å². The summed E-state index contributed by atoms with van der Waals surface area (Å²) in [6.07, 6.45) is 7.50. The topological polar surface area (TPSA) is 34.1 Å². The van der Waals surface area contributed by atoms with E-state index in [1.165, 1.54) is 25.7 Å². The van der Waals surface area contributed by atoms with Gasteiger partial charge in [-0.15, -0.1) is 0 Å². The van der Waals surface area contributed by atoms with Crippen LogP contribution < -0.4 is 10.1 Å². The summed E-state index contributed by atoms with van der Waals surface area (Å²) in [7, 11) is 0. The van der Waals surface area contributed by atoms with E-state index in [1.807, 2.05) is 24.4 Å². The van der Waals surface area contributed by atoms with E-state index in [4.69, 9.17) is 4.74 Å². The fourth-order valence-corrected chi connectivity index (χ4v) is 3.21. The minimum absolute atomic E-state index is 0.714. The van der Waals surface area contributed by atoms with Crippen LogP contribution in [0.1, 0.15) is 25.7 Å². The molecule has 0 atom stereocenters. The lowest BCUT2D eigenvalue weighted by Crippen LogP contribution is -2.36. The van der Waals surface area contributed by atoms with E-state index in [0.29, 0.717) is 6.61 Å². The van der Waals surface area contributed by atoms with Crippen molar-refractivity contribution in [3.05, 3.63) is 36.5 Å². The van der Waals surface area contributed by atoms with E-state index in [1.54, 1.807) is 0 Å². The Morgan fingerprint density at radius 3 is 2.62 bits per heavy atom. The quantitative estimate of drug-likeness (QED) is 0.790. The number of pyridine rings is 1. The molecule has 4 rings (SSSR count). The number of para-hydroxylation sites is 1. The maximum absolute atomic E-state index is 5.94. The molecular weight excluding hydrogens is 260 g/mol. The van der Waals surface area contributed by atoms with Crippen LogP contribution in [0.4, 0.5) is 0 Å². The summed E-state index contributed by atoms with van der Waals surface area (Å²) in [6.45, 7) is 1.65. The fourth-order valence-electron chi connectivity index (χ4n) is 3.21. The molecule has 2 aliphatic carbocycles. The summed E-state index contributed by atoms with van der Waals surface area (Å²) in [4.78, 5) is 4.43. The molecule has 1 aromatic carbocycles.